The Bertz CT molecular complexity index is 435. The van der Waals surface area contributed by atoms with Crippen LogP contribution in [0.1, 0.15) is 29.9 Å². The average Bonchev–Trinajstić information content (AvgIpc) is 2.14. The molecular formula is C11H11NO3. The Morgan fingerprint density at radius 1 is 1.53 bits per heavy atom. The van der Waals surface area contributed by atoms with Gasteiger partial charge in [-0.1, -0.05) is 5.92 Å². The number of hydrogen-bond donors (Lipinski definition) is 2. The zero-order valence-electron chi connectivity index (χ0n) is 8.48. The van der Waals surface area contributed by atoms with Crippen LogP contribution in [0.3, 0.4) is 0 Å². The highest BCUT2D eigenvalue weighted by Gasteiger charge is 2.10. The number of aromatic carboxylic acids is 1. The number of carboxylic acid groups (broad SMARTS) is 1. The second-order valence-corrected chi connectivity index (χ2v) is 3.51. The standard InChI is InChI=1S/C11H11NO3/c1-11(2,15)6-5-9-8(10(13)14)4-3-7-12-9/h3-4,7,15H,1-2H3,(H,13,14). The van der Waals surface area contributed by atoms with E-state index < -0.39 is 11.6 Å². The summed E-state index contributed by atoms with van der Waals surface area (Å²) in [5, 5.41) is 18.2. The average molecular weight is 205 g/mol. The minimum Gasteiger partial charge on any atom is -0.478 e. The lowest BCUT2D eigenvalue weighted by Gasteiger charge is -2.06. The van der Waals surface area contributed by atoms with E-state index in [0.29, 0.717) is 0 Å². The maximum Gasteiger partial charge on any atom is 0.338 e. The molecule has 0 saturated carbocycles. The summed E-state index contributed by atoms with van der Waals surface area (Å²) >= 11 is 0. The first-order chi connectivity index (χ1) is 6.90. The predicted molar refractivity (Wildman–Crippen MR) is 54.4 cm³/mol. The van der Waals surface area contributed by atoms with Crippen molar-refractivity contribution in [1.29, 1.82) is 0 Å². The molecule has 0 aliphatic carbocycles. The fourth-order valence-electron chi connectivity index (χ4n) is 0.890. The molecule has 1 heterocycles. The van der Waals surface area contributed by atoms with Gasteiger partial charge in [0, 0.05) is 6.20 Å². The third-order valence-corrected chi connectivity index (χ3v) is 1.52. The van der Waals surface area contributed by atoms with Crippen LogP contribution in [-0.2, 0) is 0 Å². The van der Waals surface area contributed by atoms with Gasteiger partial charge in [-0.25, -0.2) is 9.78 Å². The van der Waals surface area contributed by atoms with E-state index in [1.165, 1.54) is 32.2 Å². The van der Waals surface area contributed by atoms with Gasteiger partial charge in [0.2, 0.25) is 0 Å². The van der Waals surface area contributed by atoms with Crippen molar-refractivity contribution in [3.05, 3.63) is 29.6 Å². The highest BCUT2D eigenvalue weighted by atomic mass is 16.4. The van der Waals surface area contributed by atoms with Crippen molar-refractivity contribution in [2.24, 2.45) is 0 Å². The van der Waals surface area contributed by atoms with Gasteiger partial charge in [-0.15, -0.1) is 0 Å². The normalized spacial score (nSPS) is 10.3. The first-order valence-corrected chi connectivity index (χ1v) is 4.34. The van der Waals surface area contributed by atoms with Crippen molar-refractivity contribution in [3.63, 3.8) is 0 Å². The number of pyridine rings is 1. The Balaban J connectivity index is 3.14. The number of carboxylic acids is 1. The highest BCUT2D eigenvalue weighted by molar-refractivity contribution is 5.89. The summed E-state index contributed by atoms with van der Waals surface area (Å²) in [6.07, 6.45) is 1.46. The first kappa shape index (κ1) is 11.2. The molecule has 1 rings (SSSR count). The molecule has 0 saturated heterocycles. The fourth-order valence-corrected chi connectivity index (χ4v) is 0.890. The molecule has 0 spiro atoms. The molecule has 0 amide bonds. The molecule has 4 nitrogen and oxygen atoms in total. The molecule has 0 aromatic carbocycles. The van der Waals surface area contributed by atoms with E-state index in [4.69, 9.17) is 5.11 Å². The van der Waals surface area contributed by atoms with E-state index in [1.807, 2.05) is 0 Å². The van der Waals surface area contributed by atoms with Crippen molar-refractivity contribution in [1.82, 2.24) is 4.98 Å². The molecule has 0 unspecified atom stereocenters. The summed E-state index contributed by atoms with van der Waals surface area (Å²) in [5.74, 6) is 3.98. The van der Waals surface area contributed by atoms with Crippen LogP contribution in [0.5, 0.6) is 0 Å². The van der Waals surface area contributed by atoms with Crippen LogP contribution >= 0.6 is 0 Å². The molecule has 1 aromatic heterocycles. The minimum atomic E-state index is -1.16. The maximum atomic E-state index is 10.8. The lowest BCUT2D eigenvalue weighted by Crippen LogP contribution is -2.15. The number of nitrogens with zero attached hydrogens (tertiary/aromatic N) is 1. The van der Waals surface area contributed by atoms with E-state index in [9.17, 15) is 9.90 Å². The van der Waals surface area contributed by atoms with Gasteiger partial charge in [0.15, 0.2) is 0 Å². The van der Waals surface area contributed by atoms with Crippen molar-refractivity contribution in [3.8, 4) is 11.8 Å². The quantitative estimate of drug-likeness (QED) is 0.668. The van der Waals surface area contributed by atoms with Gasteiger partial charge in [0.05, 0.1) is 5.56 Å². The first-order valence-electron chi connectivity index (χ1n) is 4.34. The minimum absolute atomic E-state index is 0.0363. The maximum absolute atomic E-state index is 10.8. The number of rotatable bonds is 1. The van der Waals surface area contributed by atoms with Gasteiger partial charge >= 0.3 is 5.97 Å². The smallest absolute Gasteiger partial charge is 0.338 e. The van der Waals surface area contributed by atoms with Crippen LogP contribution in [0.15, 0.2) is 18.3 Å². The summed E-state index contributed by atoms with van der Waals surface area (Å²) in [6, 6.07) is 2.95. The van der Waals surface area contributed by atoms with Crippen LogP contribution in [0.4, 0.5) is 0 Å². The van der Waals surface area contributed by atoms with Gasteiger partial charge < -0.3 is 10.2 Å². The zero-order valence-corrected chi connectivity index (χ0v) is 8.48. The van der Waals surface area contributed by atoms with Crippen LogP contribution in [0, 0.1) is 11.8 Å². The van der Waals surface area contributed by atoms with Crippen LogP contribution in [0.2, 0.25) is 0 Å². The number of aromatic nitrogens is 1. The largest absolute Gasteiger partial charge is 0.478 e. The van der Waals surface area contributed by atoms with Gasteiger partial charge in [-0.05, 0) is 31.9 Å². The number of carbonyl (C=O) groups is 1. The van der Waals surface area contributed by atoms with E-state index in [-0.39, 0.29) is 11.3 Å². The summed E-state index contributed by atoms with van der Waals surface area (Å²) in [4.78, 5) is 14.6. The van der Waals surface area contributed by atoms with Crippen LogP contribution < -0.4 is 0 Å². The van der Waals surface area contributed by atoms with E-state index >= 15 is 0 Å². The third kappa shape index (κ3) is 3.41. The lowest BCUT2D eigenvalue weighted by molar-refractivity contribution is 0.0696. The van der Waals surface area contributed by atoms with Crippen LogP contribution in [-0.4, -0.2) is 26.8 Å². The molecule has 4 heteroatoms. The fraction of sp³-hybridized carbons (Fsp3) is 0.273. The van der Waals surface area contributed by atoms with E-state index in [1.54, 1.807) is 0 Å². The summed E-state index contributed by atoms with van der Waals surface area (Å²) < 4.78 is 0. The zero-order chi connectivity index (χ0) is 11.5. The number of aliphatic hydroxyl groups is 1. The van der Waals surface area contributed by atoms with Crippen molar-refractivity contribution in [2.75, 3.05) is 0 Å². The molecule has 1 aromatic rings. The molecule has 0 radical (unpaired) electrons. The molecule has 0 bridgehead atoms. The van der Waals surface area contributed by atoms with Gasteiger partial charge in [0.25, 0.3) is 0 Å². The van der Waals surface area contributed by atoms with E-state index in [2.05, 4.69) is 16.8 Å². The molecule has 78 valence electrons. The Morgan fingerprint density at radius 2 is 2.20 bits per heavy atom. The SMILES string of the molecule is CC(C)(O)C#Cc1ncccc1C(=O)O. The summed E-state index contributed by atoms with van der Waals surface area (Å²) in [6.45, 7) is 3.03. The molecule has 15 heavy (non-hydrogen) atoms. The highest BCUT2D eigenvalue weighted by Crippen LogP contribution is 2.05. The third-order valence-electron chi connectivity index (χ3n) is 1.52. The summed E-state index contributed by atoms with van der Waals surface area (Å²) in [5.41, 5.74) is -0.964. The second kappa shape index (κ2) is 4.11. The van der Waals surface area contributed by atoms with Crippen molar-refractivity contribution < 1.29 is 15.0 Å². The molecule has 2 N–H and O–H groups in total. The second-order valence-electron chi connectivity index (χ2n) is 3.51. The predicted octanol–water partition coefficient (Wildman–Crippen LogP) is 0.902. The molecule has 0 aliphatic heterocycles. The Labute approximate surface area is 87.6 Å². The molecular weight excluding hydrogens is 194 g/mol. The number of hydrogen-bond acceptors (Lipinski definition) is 3. The van der Waals surface area contributed by atoms with Crippen molar-refractivity contribution >= 4 is 5.97 Å². The lowest BCUT2D eigenvalue weighted by atomic mass is 10.1. The monoisotopic (exact) mass is 205 g/mol. The summed E-state index contributed by atoms with van der Waals surface area (Å²) in [7, 11) is 0. The topological polar surface area (TPSA) is 70.4 Å². The molecule has 0 aliphatic rings. The molecule has 0 atom stereocenters. The van der Waals surface area contributed by atoms with Crippen molar-refractivity contribution in [2.45, 2.75) is 19.4 Å². The van der Waals surface area contributed by atoms with Gasteiger partial charge in [0.1, 0.15) is 11.3 Å². The van der Waals surface area contributed by atoms with Gasteiger partial charge in [-0.3, -0.25) is 0 Å². The Hall–Kier alpha value is -1.86. The van der Waals surface area contributed by atoms with E-state index in [0.717, 1.165) is 0 Å². The van der Waals surface area contributed by atoms with Gasteiger partial charge in [-0.2, -0.15) is 0 Å². The Kier molecular flexibility index (Phi) is 3.08. The molecule has 0 fully saturated rings. The van der Waals surface area contributed by atoms with Crippen LogP contribution in [0.25, 0.3) is 0 Å². The Morgan fingerprint density at radius 3 is 2.73 bits per heavy atom.